The molecule has 0 saturated heterocycles. The average molecular weight is 241 g/mol. The number of hydrogen-bond acceptors (Lipinski definition) is 4. The Balaban J connectivity index is 2.62. The van der Waals surface area contributed by atoms with Gasteiger partial charge in [0.05, 0.1) is 0 Å². The molecule has 4 nitrogen and oxygen atoms in total. The molecule has 0 atom stereocenters. The SMILES string of the molecule is O/N=C/c1cc2ncc(Br)cc2o1. The smallest absolute Gasteiger partial charge is 0.154 e. The molecule has 0 fully saturated rings. The minimum Gasteiger partial charge on any atom is -0.453 e. The van der Waals surface area contributed by atoms with Crippen molar-refractivity contribution in [3.05, 3.63) is 28.6 Å². The predicted molar refractivity (Wildman–Crippen MR) is 51.1 cm³/mol. The molecule has 0 spiro atoms. The fourth-order valence-corrected chi connectivity index (χ4v) is 1.34. The Labute approximate surface area is 82.0 Å². The van der Waals surface area contributed by atoms with Crippen molar-refractivity contribution in [3.63, 3.8) is 0 Å². The molecule has 2 aromatic heterocycles. The van der Waals surface area contributed by atoms with Crippen LogP contribution in [0.2, 0.25) is 0 Å². The van der Waals surface area contributed by atoms with Gasteiger partial charge in [0.25, 0.3) is 0 Å². The lowest BCUT2D eigenvalue weighted by Crippen LogP contribution is -1.71. The van der Waals surface area contributed by atoms with Crippen LogP contribution < -0.4 is 0 Å². The number of furan rings is 1. The molecule has 0 aromatic carbocycles. The maximum absolute atomic E-state index is 8.28. The third kappa shape index (κ3) is 1.55. The number of hydrogen-bond donors (Lipinski definition) is 1. The van der Waals surface area contributed by atoms with E-state index in [-0.39, 0.29) is 0 Å². The number of aromatic nitrogens is 1. The first kappa shape index (κ1) is 8.25. The van der Waals surface area contributed by atoms with Gasteiger partial charge in [0.1, 0.15) is 11.7 Å². The maximum atomic E-state index is 8.28. The quantitative estimate of drug-likeness (QED) is 0.473. The van der Waals surface area contributed by atoms with Crippen LogP contribution in [0, 0.1) is 0 Å². The third-order valence-electron chi connectivity index (χ3n) is 1.54. The number of nitrogens with zero attached hydrogens (tertiary/aromatic N) is 2. The number of fused-ring (bicyclic) bond motifs is 1. The van der Waals surface area contributed by atoms with E-state index < -0.39 is 0 Å². The summed E-state index contributed by atoms with van der Waals surface area (Å²) in [6, 6.07) is 3.50. The van der Waals surface area contributed by atoms with Crippen molar-refractivity contribution in [2.24, 2.45) is 5.16 Å². The van der Waals surface area contributed by atoms with Gasteiger partial charge in [-0.1, -0.05) is 5.16 Å². The van der Waals surface area contributed by atoms with Crippen LogP contribution in [-0.4, -0.2) is 16.4 Å². The molecule has 13 heavy (non-hydrogen) atoms. The largest absolute Gasteiger partial charge is 0.453 e. The molecule has 2 heterocycles. The van der Waals surface area contributed by atoms with E-state index >= 15 is 0 Å². The summed E-state index contributed by atoms with van der Waals surface area (Å²) in [5, 5.41) is 11.1. The fraction of sp³-hybridized carbons (Fsp3) is 0. The van der Waals surface area contributed by atoms with Crippen molar-refractivity contribution in [1.82, 2.24) is 4.98 Å². The highest BCUT2D eigenvalue weighted by Gasteiger charge is 2.02. The Morgan fingerprint density at radius 3 is 3.15 bits per heavy atom. The summed E-state index contributed by atoms with van der Waals surface area (Å²) in [7, 11) is 0. The zero-order valence-corrected chi connectivity index (χ0v) is 8.02. The molecule has 5 heteroatoms. The minimum absolute atomic E-state index is 0.475. The molecule has 0 aliphatic carbocycles. The molecule has 0 saturated carbocycles. The predicted octanol–water partition coefficient (Wildman–Crippen LogP) is 2.40. The monoisotopic (exact) mass is 240 g/mol. The first-order chi connectivity index (χ1) is 6.29. The Bertz CT molecular complexity index is 464. The lowest BCUT2D eigenvalue weighted by Gasteiger charge is -1.87. The molecule has 0 unspecified atom stereocenters. The first-order valence-electron chi connectivity index (χ1n) is 3.52. The molecule has 0 bridgehead atoms. The molecular formula is C8H5BrN2O2. The van der Waals surface area contributed by atoms with E-state index in [2.05, 4.69) is 26.1 Å². The molecule has 0 radical (unpaired) electrons. The van der Waals surface area contributed by atoms with Gasteiger partial charge >= 0.3 is 0 Å². The molecule has 2 rings (SSSR count). The Morgan fingerprint density at radius 2 is 2.38 bits per heavy atom. The summed E-state index contributed by atoms with van der Waals surface area (Å²) < 4.78 is 6.14. The normalized spacial score (nSPS) is 11.5. The standard InChI is InChI=1S/C8H5BrN2O2/c9-5-1-8-7(10-3-5)2-6(13-8)4-11-12/h1-4,12H/b11-4+. The summed E-state index contributed by atoms with van der Waals surface area (Å²) in [5.41, 5.74) is 1.39. The topological polar surface area (TPSA) is 58.6 Å². The summed E-state index contributed by atoms with van der Waals surface area (Å²) >= 11 is 3.28. The highest BCUT2D eigenvalue weighted by molar-refractivity contribution is 9.10. The molecule has 0 amide bonds. The minimum atomic E-state index is 0.475. The molecule has 66 valence electrons. The van der Waals surface area contributed by atoms with Crippen LogP contribution in [0.5, 0.6) is 0 Å². The number of oxime groups is 1. The summed E-state index contributed by atoms with van der Waals surface area (Å²) in [5.74, 6) is 0.475. The second-order valence-corrected chi connectivity index (χ2v) is 3.35. The van der Waals surface area contributed by atoms with Crippen LogP contribution >= 0.6 is 15.9 Å². The van der Waals surface area contributed by atoms with Crippen molar-refractivity contribution in [3.8, 4) is 0 Å². The van der Waals surface area contributed by atoms with Crippen LogP contribution in [0.1, 0.15) is 5.76 Å². The van der Waals surface area contributed by atoms with Crippen molar-refractivity contribution in [2.45, 2.75) is 0 Å². The van der Waals surface area contributed by atoms with Crippen molar-refractivity contribution in [1.29, 1.82) is 0 Å². The van der Waals surface area contributed by atoms with Crippen molar-refractivity contribution < 1.29 is 9.62 Å². The zero-order valence-electron chi connectivity index (χ0n) is 6.44. The maximum Gasteiger partial charge on any atom is 0.154 e. The van der Waals surface area contributed by atoms with Gasteiger partial charge in [-0.15, -0.1) is 0 Å². The summed E-state index contributed by atoms with van der Waals surface area (Å²) in [6.07, 6.45) is 2.90. The second kappa shape index (κ2) is 3.18. The van der Waals surface area contributed by atoms with E-state index in [4.69, 9.17) is 9.62 Å². The average Bonchev–Trinajstić information content (AvgIpc) is 2.46. The highest BCUT2D eigenvalue weighted by Crippen LogP contribution is 2.19. The van der Waals surface area contributed by atoms with E-state index in [9.17, 15) is 0 Å². The second-order valence-electron chi connectivity index (χ2n) is 2.43. The van der Waals surface area contributed by atoms with Crippen molar-refractivity contribution >= 4 is 33.2 Å². The molecule has 0 aliphatic heterocycles. The van der Waals surface area contributed by atoms with E-state index in [0.717, 1.165) is 9.99 Å². The molecular weight excluding hydrogens is 236 g/mol. The molecule has 2 aromatic rings. The van der Waals surface area contributed by atoms with Gasteiger partial charge in [-0.25, -0.2) is 0 Å². The summed E-state index contributed by atoms with van der Waals surface area (Å²) in [4.78, 5) is 4.10. The van der Waals surface area contributed by atoms with E-state index in [1.54, 1.807) is 18.3 Å². The Kier molecular flexibility index (Phi) is 2.02. The van der Waals surface area contributed by atoms with Gasteiger partial charge in [-0.05, 0) is 22.0 Å². The number of rotatable bonds is 1. The third-order valence-corrected chi connectivity index (χ3v) is 1.97. The van der Waals surface area contributed by atoms with Crippen LogP contribution in [0.3, 0.4) is 0 Å². The van der Waals surface area contributed by atoms with E-state index in [1.807, 2.05) is 0 Å². The van der Waals surface area contributed by atoms with Gasteiger partial charge in [0, 0.05) is 16.7 Å². The van der Waals surface area contributed by atoms with E-state index in [0.29, 0.717) is 11.3 Å². The number of pyridine rings is 1. The Hall–Kier alpha value is -1.36. The van der Waals surface area contributed by atoms with Gasteiger partial charge < -0.3 is 9.62 Å². The van der Waals surface area contributed by atoms with Crippen LogP contribution in [0.15, 0.2) is 32.4 Å². The van der Waals surface area contributed by atoms with Gasteiger partial charge in [0.15, 0.2) is 11.3 Å². The highest BCUT2D eigenvalue weighted by atomic mass is 79.9. The van der Waals surface area contributed by atoms with Crippen molar-refractivity contribution in [2.75, 3.05) is 0 Å². The van der Waals surface area contributed by atoms with Crippen LogP contribution in [0.25, 0.3) is 11.1 Å². The van der Waals surface area contributed by atoms with Crippen LogP contribution in [-0.2, 0) is 0 Å². The first-order valence-corrected chi connectivity index (χ1v) is 4.31. The zero-order chi connectivity index (χ0) is 9.26. The van der Waals surface area contributed by atoms with E-state index in [1.165, 1.54) is 6.21 Å². The molecule has 1 N–H and O–H groups in total. The number of halogens is 1. The van der Waals surface area contributed by atoms with Gasteiger partial charge in [0.2, 0.25) is 0 Å². The Morgan fingerprint density at radius 1 is 1.54 bits per heavy atom. The lowest BCUT2D eigenvalue weighted by molar-refractivity contribution is 0.321. The van der Waals surface area contributed by atoms with Gasteiger partial charge in [-0.2, -0.15) is 0 Å². The summed E-state index contributed by atoms with van der Waals surface area (Å²) in [6.45, 7) is 0. The molecule has 0 aliphatic rings. The fourth-order valence-electron chi connectivity index (χ4n) is 1.03. The van der Waals surface area contributed by atoms with Crippen LogP contribution in [0.4, 0.5) is 0 Å². The van der Waals surface area contributed by atoms with Gasteiger partial charge in [-0.3, -0.25) is 4.98 Å². The lowest BCUT2D eigenvalue weighted by atomic mass is 10.4.